The number of rotatable bonds is 6. The summed E-state index contributed by atoms with van der Waals surface area (Å²) in [6, 6.07) is 12.2. The monoisotopic (exact) mass is 310 g/mol. The van der Waals surface area contributed by atoms with Gasteiger partial charge in [0.2, 0.25) is 0 Å². The minimum atomic E-state index is -0.623. The van der Waals surface area contributed by atoms with Crippen molar-refractivity contribution in [3.8, 4) is 6.07 Å². The Morgan fingerprint density at radius 1 is 1.26 bits per heavy atom. The molecule has 0 aliphatic heterocycles. The maximum atomic E-state index is 11.5. The first-order valence-electron chi connectivity index (χ1n) is 6.81. The van der Waals surface area contributed by atoms with E-state index in [1.165, 1.54) is 12.3 Å². The molecular weight excluding hydrogens is 296 g/mol. The summed E-state index contributed by atoms with van der Waals surface area (Å²) in [5, 5.41) is 11.2. The van der Waals surface area contributed by atoms with E-state index in [4.69, 9.17) is 14.4 Å². The molecule has 0 bridgehead atoms. The molecule has 1 amide bonds. The number of furan rings is 1. The van der Waals surface area contributed by atoms with Crippen LogP contribution in [0.3, 0.4) is 0 Å². The first-order chi connectivity index (χ1) is 11.2. The van der Waals surface area contributed by atoms with Crippen molar-refractivity contribution in [1.29, 1.82) is 5.26 Å². The lowest BCUT2D eigenvalue weighted by Crippen LogP contribution is -2.27. The van der Waals surface area contributed by atoms with E-state index in [-0.39, 0.29) is 13.2 Å². The molecule has 2 rings (SSSR count). The summed E-state index contributed by atoms with van der Waals surface area (Å²) >= 11 is 0. The number of esters is 1. The number of nitrogens with zero attached hydrogens (tertiary/aromatic N) is 1. The Hall–Kier alpha value is -3.33. The zero-order chi connectivity index (χ0) is 16.5. The van der Waals surface area contributed by atoms with Crippen LogP contribution < -0.4 is 5.32 Å². The highest BCUT2D eigenvalue weighted by Gasteiger charge is 2.05. The molecule has 0 spiro atoms. The van der Waals surface area contributed by atoms with Crippen LogP contribution >= 0.6 is 0 Å². The molecule has 0 unspecified atom stereocenters. The fourth-order valence-corrected chi connectivity index (χ4v) is 1.67. The minimum absolute atomic E-state index is 0.241. The Bertz CT molecular complexity index is 725. The Morgan fingerprint density at radius 2 is 2.04 bits per heavy atom. The van der Waals surface area contributed by atoms with Crippen LogP contribution in [0.2, 0.25) is 0 Å². The van der Waals surface area contributed by atoms with Gasteiger partial charge in [-0.25, -0.2) is 4.79 Å². The normalized spacial score (nSPS) is 10.2. The summed E-state index contributed by atoms with van der Waals surface area (Å²) in [5.74, 6) is -0.422. The van der Waals surface area contributed by atoms with Crippen molar-refractivity contribution in [3.05, 3.63) is 65.6 Å². The fourth-order valence-electron chi connectivity index (χ4n) is 1.67. The second kappa shape index (κ2) is 8.20. The molecule has 6 nitrogen and oxygen atoms in total. The van der Waals surface area contributed by atoms with Gasteiger partial charge in [0.05, 0.1) is 24.4 Å². The molecule has 2 aromatic rings. The predicted octanol–water partition coefficient (Wildman–Crippen LogP) is 2.02. The van der Waals surface area contributed by atoms with Crippen molar-refractivity contribution in [2.45, 2.75) is 6.54 Å². The van der Waals surface area contributed by atoms with E-state index in [1.807, 2.05) is 6.07 Å². The number of benzene rings is 1. The predicted molar refractivity (Wildman–Crippen MR) is 81.7 cm³/mol. The molecule has 0 radical (unpaired) electrons. The molecule has 0 aliphatic carbocycles. The molecule has 1 heterocycles. The van der Waals surface area contributed by atoms with Gasteiger partial charge in [0.15, 0.2) is 6.61 Å². The average Bonchev–Trinajstić information content (AvgIpc) is 3.10. The summed E-state index contributed by atoms with van der Waals surface area (Å²) in [5.41, 5.74) is 1.29. The number of amides is 1. The largest absolute Gasteiger partial charge is 0.467 e. The highest BCUT2D eigenvalue weighted by atomic mass is 16.5. The molecule has 0 fully saturated rings. The third kappa shape index (κ3) is 5.52. The standard InChI is InChI=1S/C17H14N2O4/c18-10-14-5-3-13(4-6-14)7-8-17(21)23-12-16(20)19-11-15-2-1-9-22-15/h1-9H,11-12H2,(H,19,20)/b8-7+. The Kier molecular flexibility index (Phi) is 5.72. The van der Waals surface area contributed by atoms with Gasteiger partial charge in [-0.2, -0.15) is 5.26 Å². The van der Waals surface area contributed by atoms with Crippen LogP contribution in [0.15, 0.2) is 53.2 Å². The van der Waals surface area contributed by atoms with Gasteiger partial charge in [-0.05, 0) is 35.9 Å². The molecular formula is C17H14N2O4. The van der Waals surface area contributed by atoms with E-state index in [0.717, 1.165) is 5.56 Å². The highest BCUT2D eigenvalue weighted by molar-refractivity contribution is 5.89. The topological polar surface area (TPSA) is 92.3 Å². The molecule has 1 N–H and O–H groups in total. The lowest BCUT2D eigenvalue weighted by atomic mass is 10.1. The number of carbonyl (C=O) groups is 2. The maximum absolute atomic E-state index is 11.5. The van der Waals surface area contributed by atoms with Crippen LogP contribution in [0, 0.1) is 11.3 Å². The van der Waals surface area contributed by atoms with Crippen LogP contribution in [0.25, 0.3) is 6.08 Å². The smallest absolute Gasteiger partial charge is 0.331 e. The van der Waals surface area contributed by atoms with Crippen LogP contribution in [0.5, 0.6) is 0 Å². The van der Waals surface area contributed by atoms with E-state index in [2.05, 4.69) is 5.32 Å². The van der Waals surface area contributed by atoms with Crippen LogP contribution in [-0.4, -0.2) is 18.5 Å². The van der Waals surface area contributed by atoms with E-state index >= 15 is 0 Å². The summed E-state index contributed by atoms with van der Waals surface area (Å²) in [6.07, 6.45) is 4.28. The van der Waals surface area contributed by atoms with Gasteiger partial charge in [-0.15, -0.1) is 0 Å². The lowest BCUT2D eigenvalue weighted by Gasteiger charge is -2.03. The quantitative estimate of drug-likeness (QED) is 0.651. The second-order valence-electron chi connectivity index (χ2n) is 4.53. The van der Waals surface area contributed by atoms with E-state index < -0.39 is 11.9 Å². The first kappa shape index (κ1) is 16.0. The lowest BCUT2D eigenvalue weighted by molar-refractivity contribution is -0.143. The maximum Gasteiger partial charge on any atom is 0.331 e. The summed E-state index contributed by atoms with van der Waals surface area (Å²) in [4.78, 5) is 23.0. The molecule has 23 heavy (non-hydrogen) atoms. The number of nitrogens with one attached hydrogen (secondary N) is 1. The van der Waals surface area contributed by atoms with Gasteiger partial charge in [-0.3, -0.25) is 4.79 Å². The van der Waals surface area contributed by atoms with Crippen molar-refractivity contribution in [2.75, 3.05) is 6.61 Å². The molecule has 0 saturated carbocycles. The highest BCUT2D eigenvalue weighted by Crippen LogP contribution is 2.05. The third-order valence-corrected chi connectivity index (χ3v) is 2.84. The van der Waals surface area contributed by atoms with Crippen molar-refractivity contribution in [2.24, 2.45) is 0 Å². The fraction of sp³-hybridized carbons (Fsp3) is 0.118. The first-order valence-corrected chi connectivity index (χ1v) is 6.81. The molecule has 6 heteroatoms. The average molecular weight is 310 g/mol. The number of hydrogen-bond donors (Lipinski definition) is 1. The SMILES string of the molecule is N#Cc1ccc(/C=C/C(=O)OCC(=O)NCc2ccco2)cc1. The van der Waals surface area contributed by atoms with Crippen molar-refractivity contribution >= 4 is 18.0 Å². The van der Waals surface area contributed by atoms with E-state index in [0.29, 0.717) is 11.3 Å². The molecule has 0 atom stereocenters. The summed E-state index contributed by atoms with van der Waals surface area (Å²) in [6.45, 7) is -0.123. The van der Waals surface area contributed by atoms with Crippen LogP contribution in [0.1, 0.15) is 16.9 Å². The summed E-state index contributed by atoms with van der Waals surface area (Å²) < 4.78 is 9.88. The van der Waals surface area contributed by atoms with Crippen LogP contribution in [0.4, 0.5) is 0 Å². The van der Waals surface area contributed by atoms with Gasteiger partial charge in [0, 0.05) is 6.08 Å². The third-order valence-electron chi connectivity index (χ3n) is 2.84. The Labute approximate surface area is 133 Å². The Balaban J connectivity index is 1.72. The molecule has 116 valence electrons. The second-order valence-corrected chi connectivity index (χ2v) is 4.53. The number of carbonyl (C=O) groups excluding carboxylic acids is 2. The summed E-state index contributed by atoms with van der Waals surface area (Å²) in [7, 11) is 0. The van der Waals surface area contributed by atoms with Gasteiger partial charge < -0.3 is 14.5 Å². The molecule has 1 aromatic heterocycles. The van der Waals surface area contributed by atoms with Crippen molar-refractivity contribution in [3.63, 3.8) is 0 Å². The zero-order valence-electron chi connectivity index (χ0n) is 12.2. The van der Waals surface area contributed by atoms with Crippen molar-refractivity contribution < 1.29 is 18.7 Å². The minimum Gasteiger partial charge on any atom is -0.467 e. The van der Waals surface area contributed by atoms with Crippen molar-refractivity contribution in [1.82, 2.24) is 5.32 Å². The molecule has 0 aliphatic rings. The number of nitriles is 1. The van der Waals surface area contributed by atoms with Gasteiger partial charge >= 0.3 is 5.97 Å². The number of hydrogen-bond acceptors (Lipinski definition) is 5. The van der Waals surface area contributed by atoms with E-state index in [1.54, 1.807) is 42.5 Å². The molecule has 1 aromatic carbocycles. The molecule has 0 saturated heterocycles. The van der Waals surface area contributed by atoms with Gasteiger partial charge in [0.25, 0.3) is 5.91 Å². The van der Waals surface area contributed by atoms with Gasteiger partial charge in [0.1, 0.15) is 5.76 Å². The Morgan fingerprint density at radius 3 is 2.70 bits per heavy atom. The number of ether oxygens (including phenoxy) is 1. The van der Waals surface area contributed by atoms with E-state index in [9.17, 15) is 9.59 Å². The zero-order valence-corrected chi connectivity index (χ0v) is 12.2. The van der Waals surface area contributed by atoms with Crippen LogP contribution in [-0.2, 0) is 20.9 Å². The van der Waals surface area contributed by atoms with Gasteiger partial charge in [-0.1, -0.05) is 12.1 Å².